The van der Waals surface area contributed by atoms with Gasteiger partial charge in [0.25, 0.3) is 0 Å². The van der Waals surface area contributed by atoms with Crippen molar-refractivity contribution in [3.8, 4) is 5.75 Å². The summed E-state index contributed by atoms with van der Waals surface area (Å²) in [6.45, 7) is 4.19. The minimum atomic E-state index is -0.0671. The number of hydrogen-bond donors (Lipinski definition) is 1. The second-order valence-corrected chi connectivity index (χ2v) is 5.23. The molecule has 0 aliphatic rings. The number of hydrogen-bond acceptors (Lipinski definition) is 3. The second-order valence-electron chi connectivity index (χ2n) is 4.29. The van der Waals surface area contributed by atoms with Crippen LogP contribution in [-0.4, -0.2) is 7.11 Å². The van der Waals surface area contributed by atoms with Crippen molar-refractivity contribution in [3.63, 3.8) is 0 Å². The van der Waals surface area contributed by atoms with E-state index in [-0.39, 0.29) is 6.04 Å². The topological polar surface area (TPSA) is 35.2 Å². The van der Waals surface area contributed by atoms with Gasteiger partial charge in [-0.25, -0.2) is 0 Å². The number of rotatable bonds is 3. The van der Waals surface area contributed by atoms with Crippen molar-refractivity contribution < 1.29 is 4.74 Å². The Kier molecular flexibility index (Phi) is 3.50. The Morgan fingerprint density at radius 1 is 1.12 bits per heavy atom. The van der Waals surface area contributed by atoms with Gasteiger partial charge < -0.3 is 10.5 Å². The van der Waals surface area contributed by atoms with E-state index in [0.717, 1.165) is 16.2 Å². The highest BCUT2D eigenvalue weighted by Gasteiger charge is 2.12. The number of aryl methyl sites for hydroxylation is 2. The van der Waals surface area contributed by atoms with Crippen LogP contribution in [0.2, 0.25) is 0 Å². The summed E-state index contributed by atoms with van der Waals surface area (Å²) in [5.41, 5.74) is 9.93. The van der Waals surface area contributed by atoms with Crippen molar-refractivity contribution in [1.82, 2.24) is 0 Å². The number of nitrogens with two attached hydrogens (primary N) is 1. The molecule has 0 radical (unpaired) electrons. The van der Waals surface area contributed by atoms with E-state index in [9.17, 15) is 0 Å². The van der Waals surface area contributed by atoms with Crippen LogP contribution in [0.15, 0.2) is 29.6 Å². The maximum absolute atomic E-state index is 6.28. The third kappa shape index (κ3) is 2.68. The van der Waals surface area contributed by atoms with E-state index in [0.29, 0.717) is 0 Å². The molecule has 1 unspecified atom stereocenters. The largest absolute Gasteiger partial charge is 0.496 e. The van der Waals surface area contributed by atoms with E-state index in [1.807, 2.05) is 11.4 Å². The predicted octanol–water partition coefficient (Wildman–Crippen LogP) is 3.42. The molecule has 2 N–H and O–H groups in total. The summed E-state index contributed by atoms with van der Waals surface area (Å²) in [5.74, 6) is 0.879. The summed E-state index contributed by atoms with van der Waals surface area (Å²) in [6, 6.07) is 8.38. The van der Waals surface area contributed by atoms with Crippen LogP contribution >= 0.6 is 11.3 Å². The van der Waals surface area contributed by atoms with Gasteiger partial charge in [0.2, 0.25) is 0 Å². The van der Waals surface area contributed by atoms with Gasteiger partial charge in [-0.1, -0.05) is 29.3 Å². The maximum atomic E-state index is 6.28. The molecule has 2 rings (SSSR count). The van der Waals surface area contributed by atoms with Crippen LogP contribution in [0.3, 0.4) is 0 Å². The fourth-order valence-electron chi connectivity index (χ4n) is 1.96. The summed E-state index contributed by atoms with van der Waals surface area (Å²) in [4.78, 5) is 1.13. The van der Waals surface area contributed by atoms with E-state index in [1.165, 1.54) is 11.1 Å². The first-order valence-corrected chi connectivity index (χ1v) is 6.44. The van der Waals surface area contributed by atoms with Crippen LogP contribution in [0.5, 0.6) is 5.75 Å². The summed E-state index contributed by atoms with van der Waals surface area (Å²) in [5, 5.41) is 1.98. The molecule has 0 spiro atoms. The zero-order valence-electron chi connectivity index (χ0n) is 10.4. The average molecular weight is 247 g/mol. The van der Waals surface area contributed by atoms with E-state index >= 15 is 0 Å². The number of thiophene rings is 1. The molecular weight excluding hydrogens is 230 g/mol. The van der Waals surface area contributed by atoms with Gasteiger partial charge in [0, 0.05) is 10.3 Å². The first-order chi connectivity index (χ1) is 8.10. The summed E-state index contributed by atoms with van der Waals surface area (Å²) in [7, 11) is 1.67. The van der Waals surface area contributed by atoms with E-state index < -0.39 is 0 Å². The Balaban J connectivity index is 2.32. The standard InChI is InChI=1S/C14H17NOS/c1-9-4-10(2)6-11(5-9)14(15)13-7-12(16-3)8-17-13/h4-8,14H,15H2,1-3H3. The van der Waals surface area contributed by atoms with Crippen molar-refractivity contribution in [2.24, 2.45) is 5.73 Å². The van der Waals surface area contributed by atoms with Crippen LogP contribution in [0.25, 0.3) is 0 Å². The van der Waals surface area contributed by atoms with Crippen molar-refractivity contribution in [2.75, 3.05) is 7.11 Å². The minimum absolute atomic E-state index is 0.0671. The molecule has 0 fully saturated rings. The lowest BCUT2D eigenvalue weighted by Crippen LogP contribution is -2.10. The Bertz CT molecular complexity index is 498. The zero-order chi connectivity index (χ0) is 12.4. The SMILES string of the molecule is COc1csc(C(N)c2cc(C)cc(C)c2)c1. The molecule has 1 aromatic carbocycles. The van der Waals surface area contributed by atoms with Crippen LogP contribution in [-0.2, 0) is 0 Å². The van der Waals surface area contributed by atoms with Gasteiger partial charge in [-0.15, -0.1) is 11.3 Å². The van der Waals surface area contributed by atoms with Crippen LogP contribution < -0.4 is 10.5 Å². The third-order valence-corrected chi connectivity index (χ3v) is 3.74. The van der Waals surface area contributed by atoms with E-state index in [4.69, 9.17) is 10.5 Å². The number of ether oxygens (including phenoxy) is 1. The monoisotopic (exact) mass is 247 g/mol. The van der Waals surface area contributed by atoms with Crippen LogP contribution in [0.4, 0.5) is 0 Å². The first kappa shape index (κ1) is 12.1. The molecule has 0 aliphatic heterocycles. The van der Waals surface area contributed by atoms with Crippen LogP contribution in [0.1, 0.15) is 27.6 Å². The lowest BCUT2D eigenvalue weighted by atomic mass is 10.0. The first-order valence-electron chi connectivity index (χ1n) is 5.56. The molecule has 0 amide bonds. The molecule has 90 valence electrons. The number of benzene rings is 1. The molecule has 0 saturated carbocycles. The maximum Gasteiger partial charge on any atom is 0.129 e. The molecule has 0 saturated heterocycles. The van der Waals surface area contributed by atoms with Crippen molar-refractivity contribution in [1.29, 1.82) is 0 Å². The van der Waals surface area contributed by atoms with Gasteiger partial charge in [-0.3, -0.25) is 0 Å². The Morgan fingerprint density at radius 2 is 1.76 bits per heavy atom. The predicted molar refractivity (Wildman–Crippen MR) is 72.8 cm³/mol. The fourth-order valence-corrected chi connectivity index (χ4v) is 2.84. The molecule has 1 aromatic heterocycles. The molecule has 3 heteroatoms. The van der Waals surface area contributed by atoms with Gasteiger partial charge >= 0.3 is 0 Å². The normalized spacial score (nSPS) is 12.5. The quantitative estimate of drug-likeness (QED) is 0.902. The van der Waals surface area contributed by atoms with Gasteiger partial charge in [0.1, 0.15) is 5.75 Å². The Labute approximate surface area is 106 Å². The molecule has 1 heterocycles. The fraction of sp³-hybridized carbons (Fsp3) is 0.286. The van der Waals surface area contributed by atoms with Gasteiger partial charge in [0.15, 0.2) is 0 Å². The summed E-state index contributed by atoms with van der Waals surface area (Å²) >= 11 is 1.64. The minimum Gasteiger partial charge on any atom is -0.496 e. The highest BCUT2D eigenvalue weighted by molar-refractivity contribution is 7.10. The lowest BCUT2D eigenvalue weighted by Gasteiger charge is -2.12. The highest BCUT2D eigenvalue weighted by atomic mass is 32.1. The van der Waals surface area contributed by atoms with Gasteiger partial charge in [0.05, 0.1) is 13.2 Å². The molecule has 2 nitrogen and oxygen atoms in total. The molecule has 0 aliphatic carbocycles. The third-order valence-electron chi connectivity index (χ3n) is 2.74. The van der Waals surface area contributed by atoms with Gasteiger partial charge in [-0.05, 0) is 25.5 Å². The summed E-state index contributed by atoms with van der Waals surface area (Å²) < 4.78 is 5.18. The van der Waals surface area contributed by atoms with Crippen molar-refractivity contribution >= 4 is 11.3 Å². The Hall–Kier alpha value is -1.32. The van der Waals surface area contributed by atoms with E-state index in [1.54, 1.807) is 18.4 Å². The van der Waals surface area contributed by atoms with E-state index in [2.05, 4.69) is 32.0 Å². The molecule has 0 bridgehead atoms. The summed E-state index contributed by atoms with van der Waals surface area (Å²) in [6.07, 6.45) is 0. The molecular formula is C14H17NOS. The molecule has 2 aromatic rings. The zero-order valence-corrected chi connectivity index (χ0v) is 11.2. The smallest absolute Gasteiger partial charge is 0.129 e. The van der Waals surface area contributed by atoms with Crippen molar-refractivity contribution in [3.05, 3.63) is 51.2 Å². The van der Waals surface area contributed by atoms with Gasteiger partial charge in [-0.2, -0.15) is 0 Å². The second kappa shape index (κ2) is 4.90. The molecule has 1 atom stereocenters. The average Bonchev–Trinajstić information content (AvgIpc) is 2.75. The molecule has 17 heavy (non-hydrogen) atoms. The number of methoxy groups -OCH3 is 1. The van der Waals surface area contributed by atoms with Crippen LogP contribution in [0, 0.1) is 13.8 Å². The lowest BCUT2D eigenvalue weighted by molar-refractivity contribution is 0.416. The highest BCUT2D eigenvalue weighted by Crippen LogP contribution is 2.30. The van der Waals surface area contributed by atoms with Crippen molar-refractivity contribution in [2.45, 2.75) is 19.9 Å². The Morgan fingerprint density at radius 3 is 2.29 bits per heavy atom.